The van der Waals surface area contributed by atoms with E-state index in [2.05, 4.69) is 13.0 Å². The molecular formula is C22H23Cl2N3O. The van der Waals surface area contributed by atoms with Crippen LogP contribution in [0.3, 0.4) is 0 Å². The van der Waals surface area contributed by atoms with Crippen molar-refractivity contribution in [1.29, 1.82) is 0 Å². The fourth-order valence-corrected chi connectivity index (χ4v) is 4.85. The smallest absolute Gasteiger partial charge is 0.129 e. The van der Waals surface area contributed by atoms with Crippen LogP contribution in [0.4, 0.5) is 5.82 Å². The number of hydrogen-bond donors (Lipinski definition) is 2. The summed E-state index contributed by atoms with van der Waals surface area (Å²) in [4.78, 5) is 4.77. The summed E-state index contributed by atoms with van der Waals surface area (Å²) in [5.74, 6) is 1.79. The molecule has 0 aliphatic heterocycles. The van der Waals surface area contributed by atoms with Gasteiger partial charge in [-0.15, -0.1) is 0 Å². The van der Waals surface area contributed by atoms with Gasteiger partial charge in [0.1, 0.15) is 5.82 Å². The summed E-state index contributed by atoms with van der Waals surface area (Å²) in [5.41, 5.74) is 19.7. The van der Waals surface area contributed by atoms with Crippen LogP contribution in [0, 0.1) is 5.92 Å². The Bertz CT molecular complexity index is 1030. The summed E-state index contributed by atoms with van der Waals surface area (Å²) in [6.07, 6.45) is 4.95. The lowest BCUT2D eigenvalue weighted by molar-refractivity contribution is 0.244. The second-order valence-corrected chi connectivity index (χ2v) is 8.22. The largest absolute Gasteiger partial charge is 0.501 e. The van der Waals surface area contributed by atoms with E-state index in [9.17, 15) is 0 Å². The Morgan fingerprint density at radius 2 is 2.04 bits per heavy atom. The van der Waals surface area contributed by atoms with Crippen LogP contribution in [0.2, 0.25) is 10.0 Å². The third-order valence-electron chi connectivity index (χ3n) is 5.71. The molecule has 0 saturated heterocycles. The maximum absolute atomic E-state index is 6.56. The van der Waals surface area contributed by atoms with E-state index >= 15 is 0 Å². The number of halogens is 2. The Balaban J connectivity index is 1.99. The molecule has 0 saturated carbocycles. The summed E-state index contributed by atoms with van der Waals surface area (Å²) in [6.45, 7) is 2.48. The molecule has 1 atom stereocenters. The summed E-state index contributed by atoms with van der Waals surface area (Å²) in [7, 11) is 1.72. The lowest BCUT2D eigenvalue weighted by atomic mass is 9.77. The molecule has 0 radical (unpaired) electrons. The lowest BCUT2D eigenvalue weighted by Crippen LogP contribution is -2.18. The van der Waals surface area contributed by atoms with Gasteiger partial charge in [-0.3, -0.25) is 0 Å². The van der Waals surface area contributed by atoms with E-state index in [4.69, 9.17) is 44.4 Å². The maximum Gasteiger partial charge on any atom is 0.129 e. The van der Waals surface area contributed by atoms with Crippen molar-refractivity contribution in [2.24, 2.45) is 11.7 Å². The number of rotatable bonds is 3. The fraction of sp³-hybridized carbons (Fsp3) is 0.318. The van der Waals surface area contributed by atoms with Gasteiger partial charge in [-0.05, 0) is 48.6 Å². The Labute approximate surface area is 175 Å². The topological polar surface area (TPSA) is 74.2 Å². The average Bonchev–Trinajstić information content (AvgIpc) is 2.66. The minimum atomic E-state index is 0.294. The number of nitrogens with zero attached hydrogens (tertiary/aromatic N) is 1. The number of pyridine rings is 1. The molecule has 0 spiro atoms. The van der Waals surface area contributed by atoms with E-state index < -0.39 is 0 Å². The number of hydrogen-bond acceptors (Lipinski definition) is 4. The van der Waals surface area contributed by atoms with Gasteiger partial charge >= 0.3 is 0 Å². The van der Waals surface area contributed by atoms with Crippen molar-refractivity contribution in [2.75, 3.05) is 12.8 Å². The lowest BCUT2D eigenvalue weighted by Gasteiger charge is -2.31. The van der Waals surface area contributed by atoms with Gasteiger partial charge in [0, 0.05) is 39.2 Å². The van der Waals surface area contributed by atoms with Crippen LogP contribution in [0.15, 0.2) is 35.6 Å². The second kappa shape index (κ2) is 7.43. The van der Waals surface area contributed by atoms with E-state index in [0.29, 0.717) is 28.3 Å². The summed E-state index contributed by atoms with van der Waals surface area (Å²) < 4.78 is 5.60. The third kappa shape index (κ3) is 3.10. The highest BCUT2D eigenvalue weighted by Crippen LogP contribution is 2.46. The first-order valence-electron chi connectivity index (χ1n) is 9.39. The van der Waals surface area contributed by atoms with Crippen LogP contribution < -0.4 is 11.5 Å². The number of methoxy groups -OCH3 is 1. The highest BCUT2D eigenvalue weighted by molar-refractivity contribution is 6.36. The van der Waals surface area contributed by atoms with Gasteiger partial charge in [-0.25, -0.2) is 4.98 Å². The van der Waals surface area contributed by atoms with E-state index in [-0.39, 0.29) is 0 Å². The zero-order valence-corrected chi connectivity index (χ0v) is 17.5. The van der Waals surface area contributed by atoms with Crippen molar-refractivity contribution in [1.82, 2.24) is 4.98 Å². The number of nitrogens with two attached hydrogens (primary N) is 2. The van der Waals surface area contributed by atoms with Crippen molar-refractivity contribution in [2.45, 2.75) is 32.7 Å². The molecule has 4 rings (SSSR count). The average molecular weight is 416 g/mol. The quantitative estimate of drug-likeness (QED) is 0.706. The SMILES string of the molecule is COC1=CC2=C(CCc3c2nc(N)c(CN)c3-c2ccc(Cl)cc2Cl)CC1C. The molecular weight excluding hydrogens is 393 g/mol. The number of benzene rings is 1. The standard InChI is InChI=1S/C22H23Cl2N3O/c1-11-7-12-3-5-15-20(14-6-4-13(23)8-18(14)24)17(10-25)22(26)27-21(15)16(12)9-19(11)28-2/h4,6,8-9,11H,3,5,7,10,25H2,1-2H3,(H2,26,27). The van der Waals surface area contributed by atoms with Crippen LogP contribution in [-0.4, -0.2) is 12.1 Å². The molecule has 0 amide bonds. The second-order valence-electron chi connectivity index (χ2n) is 7.38. The Morgan fingerprint density at radius 3 is 2.71 bits per heavy atom. The number of allylic oxidation sites excluding steroid dienone is 4. The molecule has 146 valence electrons. The summed E-state index contributed by atoms with van der Waals surface area (Å²) in [5, 5.41) is 1.18. The summed E-state index contributed by atoms with van der Waals surface area (Å²) >= 11 is 12.7. The van der Waals surface area contributed by atoms with E-state index in [1.54, 1.807) is 13.2 Å². The minimum absolute atomic E-state index is 0.294. The molecule has 4 N–H and O–H groups in total. The van der Waals surface area contributed by atoms with Crippen LogP contribution in [-0.2, 0) is 17.7 Å². The molecule has 1 aromatic heterocycles. The zero-order valence-electron chi connectivity index (χ0n) is 16.0. The highest BCUT2D eigenvalue weighted by Gasteiger charge is 2.30. The van der Waals surface area contributed by atoms with E-state index in [1.165, 1.54) is 5.57 Å². The molecule has 28 heavy (non-hydrogen) atoms. The van der Waals surface area contributed by atoms with Crippen LogP contribution >= 0.6 is 23.2 Å². The molecule has 4 nitrogen and oxygen atoms in total. The maximum atomic E-state index is 6.56. The Kier molecular flexibility index (Phi) is 5.13. The molecule has 0 bridgehead atoms. The fourth-order valence-electron chi connectivity index (χ4n) is 4.35. The van der Waals surface area contributed by atoms with Crippen molar-refractivity contribution >= 4 is 34.6 Å². The number of aromatic nitrogens is 1. The number of ether oxygens (including phenoxy) is 1. The van der Waals surface area contributed by atoms with Crippen molar-refractivity contribution in [3.05, 3.63) is 62.5 Å². The van der Waals surface area contributed by atoms with E-state index in [1.807, 2.05) is 12.1 Å². The molecule has 1 aromatic carbocycles. The first-order chi connectivity index (χ1) is 13.4. The Hall–Kier alpha value is -2.01. The predicted molar refractivity (Wildman–Crippen MR) is 116 cm³/mol. The molecule has 2 aliphatic carbocycles. The molecule has 6 heteroatoms. The third-order valence-corrected chi connectivity index (χ3v) is 6.26. The van der Waals surface area contributed by atoms with Gasteiger partial charge in [-0.2, -0.15) is 0 Å². The molecule has 1 heterocycles. The van der Waals surface area contributed by atoms with Gasteiger partial charge in [-0.1, -0.05) is 41.8 Å². The highest BCUT2D eigenvalue weighted by atomic mass is 35.5. The number of nitrogen functional groups attached to an aromatic ring is 1. The minimum Gasteiger partial charge on any atom is -0.501 e. The first kappa shape index (κ1) is 19.3. The van der Waals surface area contributed by atoms with E-state index in [0.717, 1.165) is 58.5 Å². The zero-order chi connectivity index (χ0) is 20.0. The Morgan fingerprint density at radius 1 is 1.25 bits per heavy atom. The first-order valence-corrected chi connectivity index (χ1v) is 10.1. The normalized spacial score (nSPS) is 18.5. The van der Waals surface area contributed by atoms with Gasteiger partial charge < -0.3 is 16.2 Å². The van der Waals surface area contributed by atoms with Gasteiger partial charge in [0.25, 0.3) is 0 Å². The number of anilines is 1. The van der Waals surface area contributed by atoms with Crippen molar-refractivity contribution in [3.8, 4) is 11.1 Å². The summed E-state index contributed by atoms with van der Waals surface area (Å²) in [6, 6.07) is 5.52. The monoisotopic (exact) mass is 415 g/mol. The molecule has 2 aliphatic rings. The van der Waals surface area contributed by atoms with Crippen molar-refractivity contribution < 1.29 is 4.74 Å². The molecule has 2 aromatic rings. The van der Waals surface area contributed by atoms with Gasteiger partial charge in [0.05, 0.1) is 18.6 Å². The van der Waals surface area contributed by atoms with Crippen LogP contribution in [0.1, 0.15) is 36.6 Å². The van der Waals surface area contributed by atoms with Crippen molar-refractivity contribution in [3.63, 3.8) is 0 Å². The van der Waals surface area contributed by atoms with Crippen LogP contribution in [0.25, 0.3) is 16.7 Å². The van der Waals surface area contributed by atoms with Crippen LogP contribution in [0.5, 0.6) is 0 Å². The number of fused-ring (bicyclic) bond motifs is 2. The predicted octanol–water partition coefficient (Wildman–Crippen LogP) is 5.37. The van der Waals surface area contributed by atoms with Gasteiger partial charge in [0.2, 0.25) is 0 Å². The molecule has 1 unspecified atom stereocenters. The molecule has 0 fully saturated rings. The van der Waals surface area contributed by atoms with Gasteiger partial charge in [0.15, 0.2) is 0 Å².